The number of aliphatic hydroxyl groups is 1. The number of nitrogens with zero attached hydrogens (tertiary/aromatic N) is 1. The van der Waals surface area contributed by atoms with E-state index in [-0.39, 0.29) is 12.5 Å². The van der Waals surface area contributed by atoms with Gasteiger partial charge in [-0.15, -0.1) is 0 Å². The van der Waals surface area contributed by atoms with Gasteiger partial charge in [0.15, 0.2) is 5.76 Å². The van der Waals surface area contributed by atoms with Crippen LogP contribution < -0.4 is 5.32 Å². The Balaban J connectivity index is 2.01. The van der Waals surface area contributed by atoms with Crippen LogP contribution >= 0.6 is 0 Å². The first kappa shape index (κ1) is 13.1. The highest BCUT2D eigenvalue weighted by Gasteiger charge is 2.23. The number of carbonyl (C=O) groups excluding carboxylic acids is 1. The number of rotatable bonds is 5. The van der Waals surface area contributed by atoms with Crippen molar-refractivity contribution in [1.29, 1.82) is 0 Å². The monoisotopic (exact) mass is 252 g/mol. The van der Waals surface area contributed by atoms with Crippen LogP contribution in [0.25, 0.3) is 0 Å². The molecule has 1 aliphatic rings. The second-order valence-corrected chi connectivity index (χ2v) is 4.68. The molecule has 1 amide bonds. The minimum absolute atomic E-state index is 0.0296. The molecule has 1 aliphatic heterocycles. The first-order valence-corrected chi connectivity index (χ1v) is 6.40. The number of carbonyl (C=O) groups is 1. The molecule has 0 aliphatic carbocycles. The Morgan fingerprint density at radius 3 is 3.00 bits per heavy atom. The Morgan fingerprint density at radius 1 is 1.61 bits per heavy atom. The minimum atomic E-state index is -0.147. The van der Waals surface area contributed by atoms with Gasteiger partial charge in [-0.25, -0.2) is 0 Å². The summed E-state index contributed by atoms with van der Waals surface area (Å²) in [4.78, 5) is 13.9. The minimum Gasteiger partial charge on any atom is -0.456 e. The molecule has 5 heteroatoms. The van der Waals surface area contributed by atoms with Crippen LogP contribution in [0.2, 0.25) is 0 Å². The van der Waals surface area contributed by atoms with Gasteiger partial charge in [-0.2, -0.15) is 0 Å². The van der Waals surface area contributed by atoms with Gasteiger partial charge < -0.3 is 19.7 Å². The van der Waals surface area contributed by atoms with Gasteiger partial charge in [0.1, 0.15) is 5.76 Å². The summed E-state index contributed by atoms with van der Waals surface area (Å²) in [6.45, 7) is 3.76. The van der Waals surface area contributed by atoms with Crippen LogP contribution in [-0.2, 0) is 0 Å². The Hall–Kier alpha value is -1.33. The Bertz CT molecular complexity index is 397. The molecule has 2 rings (SSSR count). The van der Waals surface area contributed by atoms with Crippen molar-refractivity contribution in [2.24, 2.45) is 0 Å². The van der Waals surface area contributed by atoms with Gasteiger partial charge in [0.25, 0.3) is 5.91 Å². The van der Waals surface area contributed by atoms with Crippen molar-refractivity contribution in [1.82, 2.24) is 10.2 Å². The molecule has 2 N–H and O–H groups in total. The standard InChI is InChI=1S/C13H20N2O3/c1-10-4-5-12(18-10)13(17)15(7-8-16)9-11-3-2-6-14-11/h4-5,11,14,16H,2-3,6-9H2,1H3. The molecule has 0 radical (unpaired) electrons. The second-order valence-electron chi connectivity index (χ2n) is 4.68. The van der Waals surface area contributed by atoms with Gasteiger partial charge in [-0.3, -0.25) is 4.79 Å². The fourth-order valence-corrected chi connectivity index (χ4v) is 2.28. The van der Waals surface area contributed by atoms with E-state index in [9.17, 15) is 4.79 Å². The van der Waals surface area contributed by atoms with E-state index in [2.05, 4.69) is 5.32 Å². The SMILES string of the molecule is Cc1ccc(C(=O)N(CCO)CC2CCCN2)o1. The third-order valence-corrected chi connectivity index (χ3v) is 3.21. The quantitative estimate of drug-likeness (QED) is 0.812. The Labute approximate surface area is 107 Å². The van der Waals surface area contributed by atoms with Gasteiger partial charge in [0, 0.05) is 19.1 Å². The first-order valence-electron chi connectivity index (χ1n) is 6.40. The summed E-state index contributed by atoms with van der Waals surface area (Å²) in [5.41, 5.74) is 0. The average Bonchev–Trinajstić information content (AvgIpc) is 2.99. The van der Waals surface area contributed by atoms with Crippen LogP contribution in [0.3, 0.4) is 0 Å². The van der Waals surface area contributed by atoms with Crippen LogP contribution in [0.4, 0.5) is 0 Å². The summed E-state index contributed by atoms with van der Waals surface area (Å²) < 4.78 is 5.34. The molecule has 1 atom stereocenters. The maximum Gasteiger partial charge on any atom is 0.289 e. The molecule has 0 saturated carbocycles. The number of amides is 1. The molecule has 0 aromatic carbocycles. The van der Waals surface area contributed by atoms with Crippen LogP contribution in [0.5, 0.6) is 0 Å². The van der Waals surface area contributed by atoms with Crippen molar-refractivity contribution in [3.63, 3.8) is 0 Å². The van der Waals surface area contributed by atoms with Gasteiger partial charge in [-0.1, -0.05) is 0 Å². The van der Waals surface area contributed by atoms with E-state index in [1.807, 2.05) is 6.92 Å². The zero-order chi connectivity index (χ0) is 13.0. The summed E-state index contributed by atoms with van der Waals surface area (Å²) in [7, 11) is 0. The predicted molar refractivity (Wildman–Crippen MR) is 67.5 cm³/mol. The van der Waals surface area contributed by atoms with Crippen molar-refractivity contribution in [3.8, 4) is 0 Å². The molecule has 18 heavy (non-hydrogen) atoms. The number of nitrogens with one attached hydrogen (secondary N) is 1. The maximum absolute atomic E-state index is 12.2. The van der Waals surface area contributed by atoms with E-state index in [0.29, 0.717) is 24.9 Å². The zero-order valence-electron chi connectivity index (χ0n) is 10.7. The van der Waals surface area contributed by atoms with Crippen molar-refractivity contribution in [2.75, 3.05) is 26.2 Å². The highest BCUT2D eigenvalue weighted by Crippen LogP contribution is 2.12. The maximum atomic E-state index is 12.2. The molecule has 0 bridgehead atoms. The van der Waals surface area contributed by atoms with E-state index < -0.39 is 0 Å². The van der Waals surface area contributed by atoms with E-state index in [4.69, 9.17) is 9.52 Å². The third-order valence-electron chi connectivity index (χ3n) is 3.21. The van der Waals surface area contributed by atoms with Crippen LogP contribution in [0.15, 0.2) is 16.5 Å². The fourth-order valence-electron chi connectivity index (χ4n) is 2.28. The lowest BCUT2D eigenvalue weighted by atomic mass is 10.2. The molecular weight excluding hydrogens is 232 g/mol. The number of aliphatic hydroxyl groups excluding tert-OH is 1. The van der Waals surface area contributed by atoms with Crippen LogP contribution in [-0.4, -0.2) is 48.2 Å². The van der Waals surface area contributed by atoms with E-state index in [1.54, 1.807) is 17.0 Å². The Kier molecular flexibility index (Phi) is 4.38. The highest BCUT2D eigenvalue weighted by molar-refractivity contribution is 5.91. The Morgan fingerprint density at radius 2 is 2.44 bits per heavy atom. The number of hydrogen-bond donors (Lipinski definition) is 2. The molecular formula is C13H20N2O3. The smallest absolute Gasteiger partial charge is 0.289 e. The van der Waals surface area contributed by atoms with Gasteiger partial charge in [0.2, 0.25) is 0 Å². The molecule has 1 aromatic heterocycles. The third kappa shape index (κ3) is 3.11. The molecule has 0 spiro atoms. The lowest BCUT2D eigenvalue weighted by Gasteiger charge is -2.24. The molecule has 1 unspecified atom stereocenters. The topological polar surface area (TPSA) is 65.7 Å². The van der Waals surface area contributed by atoms with Gasteiger partial charge in [-0.05, 0) is 38.4 Å². The van der Waals surface area contributed by atoms with E-state index >= 15 is 0 Å². The molecule has 100 valence electrons. The summed E-state index contributed by atoms with van der Waals surface area (Å²) in [5.74, 6) is 0.922. The normalized spacial score (nSPS) is 19.1. The molecule has 1 aromatic rings. The van der Waals surface area contributed by atoms with Crippen molar-refractivity contribution >= 4 is 5.91 Å². The number of hydrogen-bond acceptors (Lipinski definition) is 4. The summed E-state index contributed by atoms with van der Waals surface area (Å²) >= 11 is 0. The van der Waals surface area contributed by atoms with Crippen LogP contribution in [0.1, 0.15) is 29.2 Å². The molecule has 1 saturated heterocycles. The van der Waals surface area contributed by atoms with E-state index in [1.165, 1.54) is 0 Å². The van der Waals surface area contributed by atoms with Crippen molar-refractivity contribution in [3.05, 3.63) is 23.7 Å². The molecule has 1 fully saturated rings. The summed E-state index contributed by atoms with van der Waals surface area (Å²) in [6, 6.07) is 3.79. The predicted octanol–water partition coefficient (Wildman–Crippen LogP) is 0.775. The van der Waals surface area contributed by atoms with Crippen molar-refractivity contribution < 1.29 is 14.3 Å². The van der Waals surface area contributed by atoms with Crippen molar-refractivity contribution in [2.45, 2.75) is 25.8 Å². The number of furan rings is 1. The largest absolute Gasteiger partial charge is 0.456 e. The summed E-state index contributed by atoms with van der Waals surface area (Å²) in [6.07, 6.45) is 2.22. The van der Waals surface area contributed by atoms with Crippen LogP contribution in [0, 0.1) is 6.92 Å². The zero-order valence-corrected chi connectivity index (χ0v) is 10.7. The highest BCUT2D eigenvalue weighted by atomic mass is 16.3. The fraction of sp³-hybridized carbons (Fsp3) is 0.615. The van der Waals surface area contributed by atoms with E-state index in [0.717, 1.165) is 25.1 Å². The first-order chi connectivity index (χ1) is 8.70. The molecule has 2 heterocycles. The second kappa shape index (κ2) is 6.02. The number of aryl methyl sites for hydroxylation is 1. The van der Waals surface area contributed by atoms with Gasteiger partial charge >= 0.3 is 0 Å². The average molecular weight is 252 g/mol. The summed E-state index contributed by atoms with van der Waals surface area (Å²) in [5, 5.41) is 12.4. The van der Waals surface area contributed by atoms with Gasteiger partial charge in [0.05, 0.1) is 6.61 Å². The lowest BCUT2D eigenvalue weighted by Crippen LogP contribution is -2.42. The molecule has 5 nitrogen and oxygen atoms in total. The lowest BCUT2D eigenvalue weighted by molar-refractivity contribution is 0.0673.